The van der Waals surface area contributed by atoms with Crippen molar-refractivity contribution in [3.8, 4) is 0 Å². The van der Waals surface area contributed by atoms with E-state index < -0.39 is 26.5 Å². The zero-order valence-corrected chi connectivity index (χ0v) is 11.5. The van der Waals surface area contributed by atoms with Gasteiger partial charge in [0.15, 0.2) is 9.84 Å². The molecule has 0 aliphatic carbocycles. The summed E-state index contributed by atoms with van der Waals surface area (Å²) in [6, 6.07) is 2.86. The molecular weight excluding hydrogens is 271 g/mol. The predicted molar refractivity (Wildman–Crippen MR) is 69.6 cm³/mol. The van der Waals surface area contributed by atoms with E-state index in [1.165, 1.54) is 0 Å². The van der Waals surface area contributed by atoms with E-state index in [1.54, 1.807) is 0 Å². The normalized spacial score (nSPS) is 11.5. The van der Waals surface area contributed by atoms with Crippen molar-refractivity contribution in [2.75, 3.05) is 5.75 Å². The van der Waals surface area contributed by atoms with Gasteiger partial charge in [-0.05, 0) is 24.6 Å². The van der Waals surface area contributed by atoms with Crippen molar-refractivity contribution in [1.29, 1.82) is 0 Å². The van der Waals surface area contributed by atoms with Gasteiger partial charge in [-0.1, -0.05) is 26.2 Å². The van der Waals surface area contributed by atoms with E-state index in [4.69, 9.17) is 5.11 Å². The van der Waals surface area contributed by atoms with Gasteiger partial charge < -0.3 is 5.11 Å². The molecule has 0 amide bonds. The lowest BCUT2D eigenvalue weighted by molar-refractivity contribution is 0.0696. The first-order valence-corrected chi connectivity index (χ1v) is 7.79. The molecule has 0 saturated heterocycles. The third-order valence-electron chi connectivity index (χ3n) is 2.78. The number of aromatic carboxylic acids is 1. The summed E-state index contributed by atoms with van der Waals surface area (Å²) in [4.78, 5) is 10.2. The number of carbonyl (C=O) groups is 1. The van der Waals surface area contributed by atoms with E-state index in [0.717, 1.165) is 37.5 Å². The van der Waals surface area contributed by atoms with E-state index in [2.05, 4.69) is 0 Å². The fraction of sp³-hybridized carbons (Fsp3) is 0.462. The lowest BCUT2D eigenvalue weighted by Crippen LogP contribution is -2.10. The van der Waals surface area contributed by atoms with Gasteiger partial charge in [-0.15, -0.1) is 0 Å². The summed E-state index contributed by atoms with van der Waals surface area (Å²) in [5.41, 5.74) is -0.262. The van der Waals surface area contributed by atoms with Crippen LogP contribution in [-0.4, -0.2) is 25.2 Å². The Labute approximate surface area is 112 Å². The number of carboxylic acids is 1. The van der Waals surface area contributed by atoms with Crippen LogP contribution in [-0.2, 0) is 9.84 Å². The quantitative estimate of drug-likeness (QED) is 0.783. The number of rotatable bonds is 7. The second kappa shape index (κ2) is 6.65. The molecule has 0 aliphatic heterocycles. The average molecular weight is 288 g/mol. The lowest BCUT2D eigenvalue weighted by Gasteiger charge is -2.06. The molecule has 0 heterocycles. The molecular formula is C13H17FO4S. The first-order valence-electron chi connectivity index (χ1n) is 6.14. The topological polar surface area (TPSA) is 71.4 Å². The molecule has 6 heteroatoms. The predicted octanol–water partition coefficient (Wildman–Crippen LogP) is 2.88. The first-order chi connectivity index (χ1) is 8.88. The maximum absolute atomic E-state index is 13.6. The van der Waals surface area contributed by atoms with E-state index in [-0.39, 0.29) is 11.3 Å². The molecule has 0 atom stereocenters. The lowest BCUT2D eigenvalue weighted by atomic mass is 10.2. The first kappa shape index (κ1) is 15.6. The maximum atomic E-state index is 13.6. The molecule has 0 radical (unpaired) electrons. The molecule has 0 unspecified atom stereocenters. The third-order valence-corrected chi connectivity index (χ3v) is 4.61. The molecule has 0 aromatic heterocycles. The molecule has 1 aromatic rings. The van der Waals surface area contributed by atoms with Crippen LogP contribution in [0.15, 0.2) is 23.1 Å². The summed E-state index contributed by atoms with van der Waals surface area (Å²) in [5, 5.41) is 8.69. The summed E-state index contributed by atoms with van der Waals surface area (Å²) in [5.74, 6) is -2.41. The van der Waals surface area contributed by atoms with Crippen LogP contribution in [0.1, 0.15) is 43.0 Å². The smallest absolute Gasteiger partial charge is 0.335 e. The van der Waals surface area contributed by atoms with Crippen molar-refractivity contribution < 1.29 is 22.7 Å². The molecule has 19 heavy (non-hydrogen) atoms. The Morgan fingerprint density at radius 2 is 1.95 bits per heavy atom. The van der Waals surface area contributed by atoms with Crippen molar-refractivity contribution in [3.63, 3.8) is 0 Å². The minimum absolute atomic E-state index is 0.115. The molecule has 0 spiro atoms. The largest absolute Gasteiger partial charge is 0.478 e. The van der Waals surface area contributed by atoms with E-state index in [9.17, 15) is 17.6 Å². The number of unbranched alkanes of at least 4 members (excludes halogenated alkanes) is 3. The SMILES string of the molecule is CCCCCCS(=O)(=O)c1ccc(C(=O)O)cc1F. The van der Waals surface area contributed by atoms with Gasteiger partial charge in [0.2, 0.25) is 0 Å². The molecule has 1 aromatic carbocycles. The Bertz CT molecular complexity index is 552. The van der Waals surface area contributed by atoms with Crippen molar-refractivity contribution in [2.24, 2.45) is 0 Å². The molecule has 0 aliphatic rings. The number of hydrogen-bond acceptors (Lipinski definition) is 3. The van der Waals surface area contributed by atoms with Gasteiger partial charge in [0.1, 0.15) is 10.7 Å². The zero-order chi connectivity index (χ0) is 14.5. The Morgan fingerprint density at radius 3 is 2.47 bits per heavy atom. The van der Waals surface area contributed by atoms with Crippen LogP contribution in [0.3, 0.4) is 0 Å². The maximum Gasteiger partial charge on any atom is 0.335 e. The molecule has 1 N–H and O–H groups in total. The number of halogens is 1. The third kappa shape index (κ3) is 4.31. The Balaban J connectivity index is 2.87. The van der Waals surface area contributed by atoms with Crippen molar-refractivity contribution in [2.45, 2.75) is 37.5 Å². The molecule has 106 valence electrons. The number of hydrogen-bond donors (Lipinski definition) is 1. The minimum atomic E-state index is -3.68. The number of sulfone groups is 1. The fourth-order valence-corrected chi connectivity index (χ4v) is 3.15. The van der Waals surface area contributed by atoms with Gasteiger partial charge in [-0.2, -0.15) is 0 Å². The summed E-state index contributed by atoms with van der Waals surface area (Å²) in [6.45, 7) is 2.01. The van der Waals surface area contributed by atoms with Crippen LogP contribution < -0.4 is 0 Å². The van der Waals surface area contributed by atoms with Gasteiger partial charge in [-0.25, -0.2) is 17.6 Å². The summed E-state index contributed by atoms with van der Waals surface area (Å²) < 4.78 is 37.5. The molecule has 0 saturated carbocycles. The second-order valence-corrected chi connectivity index (χ2v) is 6.41. The van der Waals surface area contributed by atoms with Crippen LogP contribution in [0.5, 0.6) is 0 Å². The van der Waals surface area contributed by atoms with Crippen LogP contribution in [0, 0.1) is 5.82 Å². The average Bonchev–Trinajstić information content (AvgIpc) is 2.34. The van der Waals surface area contributed by atoms with Gasteiger partial charge in [0, 0.05) is 0 Å². The standard InChI is InChI=1S/C13H17FO4S/c1-2-3-4-5-8-19(17,18)12-7-6-10(13(15)16)9-11(12)14/h6-7,9H,2-5,8H2,1H3,(H,15,16). The van der Waals surface area contributed by atoms with Gasteiger partial charge in [-0.3, -0.25) is 0 Å². The van der Waals surface area contributed by atoms with Crippen LogP contribution in [0.25, 0.3) is 0 Å². The van der Waals surface area contributed by atoms with Gasteiger partial charge in [0.05, 0.1) is 11.3 Å². The molecule has 4 nitrogen and oxygen atoms in total. The highest BCUT2D eigenvalue weighted by atomic mass is 32.2. The zero-order valence-electron chi connectivity index (χ0n) is 10.7. The summed E-state index contributed by atoms with van der Waals surface area (Å²) >= 11 is 0. The van der Waals surface area contributed by atoms with Crippen molar-refractivity contribution in [1.82, 2.24) is 0 Å². The van der Waals surface area contributed by atoms with Crippen LogP contribution in [0.4, 0.5) is 4.39 Å². The van der Waals surface area contributed by atoms with E-state index >= 15 is 0 Å². The van der Waals surface area contributed by atoms with E-state index in [1.807, 2.05) is 6.92 Å². The number of benzene rings is 1. The summed E-state index contributed by atoms with van der Waals surface area (Å²) in [7, 11) is -3.68. The van der Waals surface area contributed by atoms with Crippen LogP contribution in [0.2, 0.25) is 0 Å². The molecule has 0 fully saturated rings. The fourth-order valence-electron chi connectivity index (χ4n) is 1.71. The van der Waals surface area contributed by atoms with E-state index in [0.29, 0.717) is 6.42 Å². The highest BCUT2D eigenvalue weighted by Crippen LogP contribution is 2.19. The van der Waals surface area contributed by atoms with Gasteiger partial charge >= 0.3 is 5.97 Å². The highest BCUT2D eigenvalue weighted by Gasteiger charge is 2.20. The number of carboxylic acid groups (broad SMARTS) is 1. The molecule has 1 rings (SSSR count). The summed E-state index contributed by atoms with van der Waals surface area (Å²) in [6.07, 6.45) is 3.19. The van der Waals surface area contributed by atoms with Crippen molar-refractivity contribution >= 4 is 15.8 Å². The Hall–Kier alpha value is -1.43. The Kier molecular flexibility index (Phi) is 5.47. The highest BCUT2D eigenvalue weighted by molar-refractivity contribution is 7.91. The van der Waals surface area contributed by atoms with Crippen LogP contribution >= 0.6 is 0 Å². The monoisotopic (exact) mass is 288 g/mol. The Morgan fingerprint density at radius 1 is 1.26 bits per heavy atom. The minimum Gasteiger partial charge on any atom is -0.478 e. The second-order valence-electron chi connectivity index (χ2n) is 4.33. The van der Waals surface area contributed by atoms with Crippen molar-refractivity contribution in [3.05, 3.63) is 29.6 Å². The molecule has 0 bridgehead atoms. The van der Waals surface area contributed by atoms with Gasteiger partial charge in [0.25, 0.3) is 0 Å².